The van der Waals surface area contributed by atoms with Crippen LogP contribution in [-0.4, -0.2) is 44.7 Å². The van der Waals surface area contributed by atoms with E-state index in [0.29, 0.717) is 25.9 Å². The quantitative estimate of drug-likeness (QED) is 0.787. The monoisotopic (exact) mass is 302 g/mol. The molecule has 8 nitrogen and oxygen atoms in total. The number of amides is 2. The zero-order valence-corrected chi connectivity index (χ0v) is 11.7. The van der Waals surface area contributed by atoms with Gasteiger partial charge >= 0.3 is 5.69 Å². The molecule has 2 N–H and O–H groups in total. The fourth-order valence-electron chi connectivity index (χ4n) is 2.46. The van der Waals surface area contributed by atoms with Gasteiger partial charge in [0.25, 0.3) is 17.4 Å². The first-order valence-electron chi connectivity index (χ1n) is 6.90. The number of aromatic amines is 2. The van der Waals surface area contributed by atoms with Gasteiger partial charge in [-0.05, 0) is 12.8 Å². The summed E-state index contributed by atoms with van der Waals surface area (Å²) in [5, 5.41) is 0. The van der Waals surface area contributed by atoms with E-state index >= 15 is 0 Å². The molecule has 0 aliphatic carbocycles. The molecule has 22 heavy (non-hydrogen) atoms. The maximum Gasteiger partial charge on any atom is 0.326 e. The maximum absolute atomic E-state index is 12.5. The molecule has 3 heterocycles. The van der Waals surface area contributed by atoms with Gasteiger partial charge in [-0.15, -0.1) is 0 Å². The second-order valence-electron chi connectivity index (χ2n) is 5.00. The predicted octanol–water partition coefficient (Wildman–Crippen LogP) is -0.218. The number of hydrogen-bond acceptors (Lipinski definition) is 4. The molecule has 114 valence electrons. The smallest absolute Gasteiger partial charge is 0.315 e. The molecule has 0 radical (unpaired) electrons. The Balaban J connectivity index is 2.08. The third-order valence-corrected chi connectivity index (χ3v) is 3.54. The predicted molar refractivity (Wildman–Crippen MR) is 77.3 cm³/mol. The van der Waals surface area contributed by atoms with Gasteiger partial charge < -0.3 is 14.8 Å². The first-order valence-corrected chi connectivity index (χ1v) is 6.90. The number of rotatable bonds is 2. The highest BCUT2D eigenvalue weighted by molar-refractivity contribution is 6.06. The first kappa shape index (κ1) is 14.1. The fraction of sp³-hybridized carbons (Fsp3) is 0.286. The summed E-state index contributed by atoms with van der Waals surface area (Å²) >= 11 is 0. The molecular formula is C14H14N4O4. The van der Waals surface area contributed by atoms with Gasteiger partial charge in [0.05, 0.1) is 0 Å². The molecule has 1 aromatic heterocycles. The Morgan fingerprint density at radius 1 is 0.909 bits per heavy atom. The summed E-state index contributed by atoms with van der Waals surface area (Å²) in [6, 6.07) is 0. The minimum atomic E-state index is -0.861. The number of hydrogen-bond donors (Lipinski definition) is 2. The molecule has 8 heteroatoms. The summed E-state index contributed by atoms with van der Waals surface area (Å²) in [7, 11) is 0. The van der Waals surface area contributed by atoms with Crippen molar-refractivity contribution in [3.05, 3.63) is 56.6 Å². The highest BCUT2D eigenvalue weighted by Crippen LogP contribution is 2.14. The van der Waals surface area contributed by atoms with Crippen molar-refractivity contribution in [2.75, 3.05) is 13.1 Å². The van der Waals surface area contributed by atoms with Crippen molar-refractivity contribution in [3.63, 3.8) is 0 Å². The Morgan fingerprint density at radius 3 is 2.05 bits per heavy atom. The van der Waals surface area contributed by atoms with E-state index in [1.807, 2.05) is 4.98 Å². The number of carbonyl (C=O) groups excluding carboxylic acids is 2. The van der Waals surface area contributed by atoms with Crippen LogP contribution in [-0.2, 0) is 0 Å². The minimum Gasteiger partial charge on any atom is -0.315 e. The summed E-state index contributed by atoms with van der Waals surface area (Å²) in [4.78, 5) is 55.4. The zero-order valence-electron chi connectivity index (χ0n) is 11.7. The van der Waals surface area contributed by atoms with Crippen LogP contribution in [0.1, 0.15) is 33.7 Å². The van der Waals surface area contributed by atoms with Crippen molar-refractivity contribution in [1.29, 1.82) is 0 Å². The molecule has 1 aromatic rings. The van der Waals surface area contributed by atoms with E-state index in [1.165, 1.54) is 9.80 Å². The molecule has 0 atom stereocenters. The number of carbonyl (C=O) groups is 2. The van der Waals surface area contributed by atoms with E-state index in [1.54, 1.807) is 24.6 Å². The lowest BCUT2D eigenvalue weighted by atomic mass is 10.1. The van der Waals surface area contributed by atoms with Crippen molar-refractivity contribution in [2.24, 2.45) is 0 Å². The Morgan fingerprint density at radius 2 is 1.50 bits per heavy atom. The SMILES string of the molecule is O=C(c1[nH]c(=O)[nH]c(=O)c1C(=O)N1C=CCC1)N1C=CCC1. The third kappa shape index (κ3) is 2.39. The molecule has 0 spiro atoms. The lowest BCUT2D eigenvalue weighted by molar-refractivity contribution is 0.0788. The molecule has 2 aliphatic rings. The average Bonchev–Trinajstić information content (AvgIpc) is 3.18. The Kier molecular flexibility index (Phi) is 3.50. The minimum absolute atomic E-state index is 0.273. The summed E-state index contributed by atoms with van der Waals surface area (Å²) in [6.45, 7) is 0.888. The van der Waals surface area contributed by atoms with E-state index in [0.717, 1.165) is 0 Å². The number of nitrogens with one attached hydrogen (secondary N) is 2. The summed E-state index contributed by atoms with van der Waals surface area (Å²) in [5.74, 6) is -1.17. The van der Waals surface area contributed by atoms with Gasteiger partial charge in [-0.3, -0.25) is 19.4 Å². The molecule has 0 aromatic carbocycles. The van der Waals surface area contributed by atoms with E-state index in [-0.39, 0.29) is 11.3 Å². The average molecular weight is 302 g/mol. The van der Waals surface area contributed by atoms with Crippen LogP contribution >= 0.6 is 0 Å². The van der Waals surface area contributed by atoms with Crippen molar-refractivity contribution < 1.29 is 9.59 Å². The third-order valence-electron chi connectivity index (χ3n) is 3.54. The summed E-state index contributed by atoms with van der Waals surface area (Å²) in [5.41, 5.74) is -2.28. The fourth-order valence-corrected chi connectivity index (χ4v) is 2.46. The summed E-state index contributed by atoms with van der Waals surface area (Å²) in [6.07, 6.45) is 8.11. The van der Waals surface area contributed by atoms with Crippen molar-refractivity contribution in [3.8, 4) is 0 Å². The normalized spacial score (nSPS) is 16.5. The van der Waals surface area contributed by atoms with Crippen molar-refractivity contribution in [2.45, 2.75) is 12.8 Å². The second kappa shape index (κ2) is 5.47. The molecule has 2 amide bonds. The molecule has 0 unspecified atom stereocenters. The topological polar surface area (TPSA) is 106 Å². The van der Waals surface area contributed by atoms with Crippen molar-refractivity contribution >= 4 is 11.8 Å². The lowest BCUT2D eigenvalue weighted by Gasteiger charge is -2.17. The molecule has 0 saturated heterocycles. The van der Waals surface area contributed by atoms with Crippen molar-refractivity contribution in [1.82, 2.24) is 19.8 Å². The van der Waals surface area contributed by atoms with E-state index in [9.17, 15) is 19.2 Å². The highest BCUT2D eigenvalue weighted by Gasteiger charge is 2.29. The molecule has 0 bridgehead atoms. The van der Waals surface area contributed by atoms with Crippen LogP contribution in [0.5, 0.6) is 0 Å². The van der Waals surface area contributed by atoms with Gasteiger partial charge in [-0.25, -0.2) is 4.79 Å². The maximum atomic E-state index is 12.5. The Labute approximate surface area is 124 Å². The summed E-state index contributed by atoms with van der Waals surface area (Å²) < 4.78 is 0. The molecular weight excluding hydrogens is 288 g/mol. The number of aromatic nitrogens is 2. The molecule has 0 fully saturated rings. The van der Waals surface area contributed by atoms with Crippen LogP contribution in [0, 0.1) is 0 Å². The molecule has 3 rings (SSSR count). The number of nitrogens with zero attached hydrogens (tertiary/aromatic N) is 2. The Bertz CT molecular complexity index is 802. The zero-order chi connectivity index (χ0) is 15.7. The molecule has 0 saturated carbocycles. The van der Waals surface area contributed by atoms with Gasteiger partial charge in [0, 0.05) is 25.5 Å². The first-order chi connectivity index (χ1) is 10.6. The molecule has 2 aliphatic heterocycles. The standard InChI is InChI=1S/C14H14N4O4/c19-11-9(12(20)17-5-1-2-6-17)10(15-14(22)16-11)13(21)18-7-3-4-8-18/h1,3,5,7H,2,4,6,8H2,(H2,15,16,19,22). The highest BCUT2D eigenvalue weighted by atomic mass is 16.2. The number of H-pyrrole nitrogens is 2. The van der Waals surface area contributed by atoms with Crippen LogP contribution in [0.15, 0.2) is 34.1 Å². The van der Waals surface area contributed by atoms with Crippen LogP contribution in [0.25, 0.3) is 0 Å². The van der Waals surface area contributed by atoms with Gasteiger partial charge in [0.2, 0.25) is 0 Å². The van der Waals surface area contributed by atoms with E-state index in [4.69, 9.17) is 0 Å². The van der Waals surface area contributed by atoms with Gasteiger partial charge in [-0.2, -0.15) is 0 Å². The largest absolute Gasteiger partial charge is 0.326 e. The van der Waals surface area contributed by atoms with Gasteiger partial charge in [0.1, 0.15) is 11.3 Å². The van der Waals surface area contributed by atoms with Gasteiger partial charge in [0.15, 0.2) is 0 Å². The van der Waals surface area contributed by atoms with Crippen LogP contribution in [0.2, 0.25) is 0 Å². The van der Waals surface area contributed by atoms with Crippen LogP contribution < -0.4 is 11.2 Å². The van der Waals surface area contributed by atoms with Crippen LogP contribution in [0.3, 0.4) is 0 Å². The lowest BCUT2D eigenvalue weighted by Crippen LogP contribution is -2.39. The van der Waals surface area contributed by atoms with E-state index in [2.05, 4.69) is 4.98 Å². The van der Waals surface area contributed by atoms with Crippen LogP contribution in [0.4, 0.5) is 0 Å². The Hall–Kier alpha value is -2.90. The van der Waals surface area contributed by atoms with E-state index < -0.39 is 23.1 Å². The van der Waals surface area contributed by atoms with Gasteiger partial charge in [-0.1, -0.05) is 12.2 Å². The second-order valence-corrected chi connectivity index (χ2v) is 5.00.